The number of hydrogen-bond acceptors (Lipinski definition) is 4. The summed E-state index contributed by atoms with van der Waals surface area (Å²) in [4.78, 5) is 18.5. The van der Waals surface area contributed by atoms with Crippen molar-refractivity contribution < 1.29 is 14.6 Å². The number of nitrogens with zero attached hydrogens (tertiary/aromatic N) is 2. The molecule has 0 radical (unpaired) electrons. The van der Waals surface area contributed by atoms with Crippen molar-refractivity contribution in [2.24, 2.45) is 4.99 Å². The molecular formula is C17H18N2O3. The number of ether oxygens (including phenoxy) is 1. The van der Waals surface area contributed by atoms with Crippen molar-refractivity contribution in [1.82, 2.24) is 4.90 Å². The van der Waals surface area contributed by atoms with Gasteiger partial charge in [0.05, 0.1) is 18.4 Å². The van der Waals surface area contributed by atoms with Crippen LogP contribution in [0.5, 0.6) is 11.5 Å². The quantitative estimate of drug-likeness (QED) is 0.872. The second-order valence-electron chi connectivity index (χ2n) is 5.34. The van der Waals surface area contributed by atoms with Crippen LogP contribution in [-0.4, -0.2) is 36.3 Å². The van der Waals surface area contributed by atoms with Crippen molar-refractivity contribution in [1.29, 1.82) is 0 Å². The second-order valence-corrected chi connectivity index (χ2v) is 5.34. The van der Waals surface area contributed by atoms with Gasteiger partial charge in [-0.15, -0.1) is 0 Å². The predicted molar refractivity (Wildman–Crippen MR) is 84.9 cm³/mol. The van der Waals surface area contributed by atoms with Gasteiger partial charge in [0.2, 0.25) is 0 Å². The number of carbonyl (C=O) groups is 1. The molecule has 5 nitrogen and oxygen atoms in total. The fourth-order valence-corrected chi connectivity index (χ4v) is 2.98. The van der Waals surface area contributed by atoms with Gasteiger partial charge in [0.15, 0.2) is 11.5 Å². The Morgan fingerprint density at radius 3 is 2.95 bits per heavy atom. The number of amides is 1. The zero-order valence-corrected chi connectivity index (χ0v) is 12.5. The number of aromatic hydroxyl groups is 1. The van der Waals surface area contributed by atoms with Crippen LogP contribution in [0.25, 0.3) is 0 Å². The predicted octanol–water partition coefficient (Wildman–Crippen LogP) is 3.18. The van der Waals surface area contributed by atoms with E-state index in [4.69, 9.17) is 4.74 Å². The van der Waals surface area contributed by atoms with Crippen LogP contribution in [0.4, 0.5) is 5.69 Å². The number of carbonyl (C=O) groups excluding carboxylic acids is 1. The molecule has 0 unspecified atom stereocenters. The first kappa shape index (κ1) is 14.4. The lowest BCUT2D eigenvalue weighted by atomic mass is 10.0. The first-order chi connectivity index (χ1) is 10.7. The van der Waals surface area contributed by atoms with E-state index in [1.165, 1.54) is 24.8 Å². The third kappa shape index (κ3) is 2.28. The number of phenols is 1. The summed E-state index contributed by atoms with van der Waals surface area (Å²) in [5.74, 6) is 0.0564. The molecule has 0 aromatic heterocycles. The van der Waals surface area contributed by atoms with E-state index in [2.05, 4.69) is 17.8 Å². The summed E-state index contributed by atoms with van der Waals surface area (Å²) in [6.07, 6.45) is 7.07. The lowest BCUT2D eigenvalue weighted by Crippen LogP contribution is -2.27. The summed E-state index contributed by atoms with van der Waals surface area (Å²) in [6, 6.07) is 2.92. The van der Waals surface area contributed by atoms with Crippen molar-refractivity contribution in [2.75, 3.05) is 13.7 Å². The maximum absolute atomic E-state index is 12.9. The van der Waals surface area contributed by atoms with Gasteiger partial charge in [-0.3, -0.25) is 9.79 Å². The lowest BCUT2D eigenvalue weighted by Gasteiger charge is -2.21. The molecule has 0 bridgehead atoms. The smallest absolute Gasteiger partial charge is 0.260 e. The van der Waals surface area contributed by atoms with Crippen LogP contribution in [0.3, 0.4) is 0 Å². The zero-order valence-electron chi connectivity index (χ0n) is 12.5. The molecule has 114 valence electrons. The molecule has 1 aromatic rings. The standard InChI is InChI=1S/C17H18N2O3/c1-18-13-10-15(20)16(22-2)9-12(13)17(21)19-8-7-11-5-3-4-6-14(11)19/h4,6,9-10,20H,1,3,5,7-8H2,2H3. The van der Waals surface area contributed by atoms with E-state index in [9.17, 15) is 9.90 Å². The third-order valence-corrected chi connectivity index (χ3v) is 4.12. The molecule has 1 aliphatic carbocycles. The van der Waals surface area contributed by atoms with E-state index in [0.29, 0.717) is 17.8 Å². The number of hydrogen-bond donors (Lipinski definition) is 1. The molecule has 1 aliphatic heterocycles. The number of allylic oxidation sites excluding steroid dienone is 2. The molecule has 3 rings (SSSR count). The number of aliphatic imine (C=N–C) groups is 1. The topological polar surface area (TPSA) is 62.1 Å². The van der Waals surface area contributed by atoms with Crippen LogP contribution < -0.4 is 4.74 Å². The molecule has 1 heterocycles. The van der Waals surface area contributed by atoms with Crippen molar-refractivity contribution in [2.45, 2.75) is 19.3 Å². The Morgan fingerprint density at radius 1 is 1.41 bits per heavy atom. The number of phenolic OH excluding ortho intramolecular Hbond substituents is 1. The first-order valence-corrected chi connectivity index (χ1v) is 7.24. The van der Waals surface area contributed by atoms with Gasteiger partial charge in [-0.25, -0.2) is 0 Å². The molecule has 0 spiro atoms. The maximum atomic E-state index is 12.9. The van der Waals surface area contributed by atoms with Gasteiger partial charge in [0.25, 0.3) is 5.91 Å². The minimum absolute atomic E-state index is 0.0552. The van der Waals surface area contributed by atoms with E-state index in [1.54, 1.807) is 4.90 Å². The average Bonchev–Trinajstić information content (AvgIpc) is 2.98. The van der Waals surface area contributed by atoms with Crippen molar-refractivity contribution in [3.63, 3.8) is 0 Å². The van der Waals surface area contributed by atoms with Gasteiger partial charge in [-0.1, -0.05) is 6.08 Å². The van der Waals surface area contributed by atoms with E-state index >= 15 is 0 Å². The summed E-state index contributed by atoms with van der Waals surface area (Å²) in [7, 11) is 1.45. The third-order valence-electron chi connectivity index (χ3n) is 4.12. The molecule has 5 heteroatoms. The summed E-state index contributed by atoms with van der Waals surface area (Å²) < 4.78 is 5.10. The Balaban J connectivity index is 2.01. The molecule has 2 aliphatic rings. The second kappa shape index (κ2) is 5.67. The van der Waals surface area contributed by atoms with Crippen LogP contribution in [-0.2, 0) is 0 Å². The highest BCUT2D eigenvalue weighted by Gasteiger charge is 2.29. The highest BCUT2D eigenvalue weighted by molar-refractivity contribution is 6.01. The van der Waals surface area contributed by atoms with E-state index in [1.807, 2.05) is 6.08 Å². The van der Waals surface area contributed by atoms with Gasteiger partial charge in [-0.05, 0) is 43.7 Å². The first-order valence-electron chi connectivity index (χ1n) is 7.24. The van der Waals surface area contributed by atoms with E-state index < -0.39 is 0 Å². The Hall–Kier alpha value is -2.56. The van der Waals surface area contributed by atoms with Gasteiger partial charge in [0.1, 0.15) is 0 Å². The Bertz CT molecular complexity index is 704. The van der Waals surface area contributed by atoms with Crippen molar-refractivity contribution in [3.8, 4) is 11.5 Å². The maximum Gasteiger partial charge on any atom is 0.260 e. The van der Waals surface area contributed by atoms with E-state index in [0.717, 1.165) is 25.0 Å². The molecule has 22 heavy (non-hydrogen) atoms. The van der Waals surface area contributed by atoms with Crippen molar-refractivity contribution >= 4 is 18.3 Å². The number of rotatable bonds is 3. The molecule has 1 amide bonds. The SMILES string of the molecule is C=Nc1cc(O)c(OC)cc1C(=O)N1CCC2=C1C=CCC2. The fourth-order valence-electron chi connectivity index (χ4n) is 2.98. The number of methoxy groups -OCH3 is 1. The highest BCUT2D eigenvalue weighted by atomic mass is 16.5. The van der Waals surface area contributed by atoms with Crippen LogP contribution in [0.1, 0.15) is 29.6 Å². The highest BCUT2D eigenvalue weighted by Crippen LogP contribution is 2.37. The van der Waals surface area contributed by atoms with E-state index in [-0.39, 0.29) is 17.4 Å². The van der Waals surface area contributed by atoms with Crippen LogP contribution in [0.2, 0.25) is 0 Å². The van der Waals surface area contributed by atoms with Crippen LogP contribution in [0.15, 0.2) is 40.5 Å². The molecule has 0 saturated carbocycles. The molecule has 1 N–H and O–H groups in total. The van der Waals surface area contributed by atoms with Gasteiger partial charge >= 0.3 is 0 Å². The fraction of sp³-hybridized carbons (Fsp3) is 0.294. The minimum Gasteiger partial charge on any atom is -0.504 e. The summed E-state index contributed by atoms with van der Waals surface area (Å²) in [5.41, 5.74) is 3.07. The van der Waals surface area contributed by atoms with Crippen LogP contribution in [0, 0.1) is 0 Å². The summed E-state index contributed by atoms with van der Waals surface area (Å²) in [6.45, 7) is 4.15. The Kier molecular flexibility index (Phi) is 3.71. The van der Waals surface area contributed by atoms with Crippen molar-refractivity contribution in [3.05, 3.63) is 41.1 Å². The molecule has 0 saturated heterocycles. The molecule has 0 atom stereocenters. The molecule has 0 fully saturated rings. The Morgan fingerprint density at radius 2 is 2.23 bits per heavy atom. The number of benzene rings is 1. The Labute approximate surface area is 129 Å². The molecule has 1 aromatic carbocycles. The largest absolute Gasteiger partial charge is 0.504 e. The molecular weight excluding hydrogens is 280 g/mol. The zero-order chi connectivity index (χ0) is 15.7. The lowest BCUT2D eigenvalue weighted by molar-refractivity contribution is 0.0823. The van der Waals surface area contributed by atoms with Gasteiger partial charge in [0, 0.05) is 18.3 Å². The summed E-state index contributed by atoms with van der Waals surface area (Å²) >= 11 is 0. The van der Waals surface area contributed by atoms with Gasteiger partial charge < -0.3 is 14.7 Å². The monoisotopic (exact) mass is 298 g/mol. The average molecular weight is 298 g/mol. The minimum atomic E-state index is -0.141. The van der Waals surface area contributed by atoms with Crippen LogP contribution >= 0.6 is 0 Å². The van der Waals surface area contributed by atoms with Gasteiger partial charge in [-0.2, -0.15) is 0 Å². The summed E-state index contributed by atoms with van der Waals surface area (Å²) in [5, 5.41) is 9.82. The normalized spacial score (nSPS) is 16.7.